The van der Waals surface area contributed by atoms with E-state index in [-0.39, 0.29) is 23.8 Å². The van der Waals surface area contributed by atoms with Crippen LogP contribution in [0.1, 0.15) is 26.1 Å². The number of ketones is 1. The SMILES string of the molecule is COc1ccc2c(c1)nc(C(F)(F)F)n2-c1ccc(NCC(=O)CC(C)C)cc1. The van der Waals surface area contributed by atoms with Gasteiger partial charge in [0.2, 0.25) is 5.82 Å². The maximum atomic E-state index is 13.6. The van der Waals surface area contributed by atoms with Crippen molar-refractivity contribution in [2.45, 2.75) is 26.4 Å². The molecule has 1 aromatic heterocycles. The Bertz CT molecular complexity index is 1010. The summed E-state index contributed by atoms with van der Waals surface area (Å²) in [5.74, 6) is -0.214. The van der Waals surface area contributed by atoms with Crippen molar-refractivity contribution in [1.29, 1.82) is 0 Å². The molecule has 0 aliphatic carbocycles. The second-order valence-electron chi connectivity index (χ2n) is 7.16. The lowest BCUT2D eigenvalue weighted by atomic mass is 10.1. The Hall–Kier alpha value is -3.03. The summed E-state index contributed by atoms with van der Waals surface area (Å²) in [6.07, 6.45) is -4.14. The summed E-state index contributed by atoms with van der Waals surface area (Å²) >= 11 is 0. The van der Waals surface area contributed by atoms with Gasteiger partial charge in [-0.25, -0.2) is 4.98 Å². The molecule has 154 valence electrons. The first-order valence-corrected chi connectivity index (χ1v) is 9.18. The van der Waals surface area contributed by atoms with E-state index >= 15 is 0 Å². The molecule has 29 heavy (non-hydrogen) atoms. The number of alkyl halides is 3. The molecule has 3 rings (SSSR count). The normalized spacial score (nSPS) is 11.8. The van der Waals surface area contributed by atoms with Gasteiger partial charge in [-0.2, -0.15) is 13.2 Å². The standard InChI is InChI=1S/C21H22F3N3O2/c1-13(2)10-16(28)12-25-14-4-6-15(7-5-14)27-19-9-8-17(29-3)11-18(19)26-20(27)21(22,23)24/h4-9,11,13,25H,10,12H2,1-3H3. The van der Waals surface area contributed by atoms with Crippen molar-refractivity contribution in [1.82, 2.24) is 9.55 Å². The molecule has 1 N–H and O–H groups in total. The fourth-order valence-corrected chi connectivity index (χ4v) is 3.10. The van der Waals surface area contributed by atoms with Crippen LogP contribution in [0.2, 0.25) is 0 Å². The number of ether oxygens (including phenoxy) is 1. The summed E-state index contributed by atoms with van der Waals surface area (Å²) < 4.78 is 46.9. The van der Waals surface area contributed by atoms with Gasteiger partial charge in [0.1, 0.15) is 5.75 Å². The molecule has 0 amide bonds. The molecule has 0 spiro atoms. The maximum Gasteiger partial charge on any atom is 0.450 e. The number of carbonyl (C=O) groups is 1. The summed E-state index contributed by atoms with van der Waals surface area (Å²) in [5.41, 5.74) is 1.50. The van der Waals surface area contributed by atoms with E-state index in [4.69, 9.17) is 4.74 Å². The first-order valence-electron chi connectivity index (χ1n) is 9.18. The molecule has 2 aromatic carbocycles. The number of carbonyl (C=O) groups excluding carboxylic acids is 1. The van der Waals surface area contributed by atoms with E-state index in [1.807, 2.05) is 13.8 Å². The van der Waals surface area contributed by atoms with Gasteiger partial charge in [-0.3, -0.25) is 9.36 Å². The van der Waals surface area contributed by atoms with Crippen LogP contribution >= 0.6 is 0 Å². The molecule has 0 saturated carbocycles. The predicted octanol–water partition coefficient (Wildman–Crippen LogP) is 5.08. The molecular formula is C21H22F3N3O2. The second-order valence-corrected chi connectivity index (χ2v) is 7.16. The largest absolute Gasteiger partial charge is 0.497 e. The third-order valence-corrected chi connectivity index (χ3v) is 4.37. The zero-order chi connectivity index (χ0) is 21.2. The maximum absolute atomic E-state index is 13.6. The highest BCUT2D eigenvalue weighted by molar-refractivity contribution is 5.83. The Kier molecular flexibility index (Phi) is 5.81. The number of hydrogen-bond donors (Lipinski definition) is 1. The Morgan fingerprint density at radius 1 is 1.17 bits per heavy atom. The molecule has 0 saturated heterocycles. The minimum atomic E-state index is -4.62. The summed E-state index contributed by atoms with van der Waals surface area (Å²) in [7, 11) is 1.44. The molecule has 0 aliphatic rings. The van der Waals surface area contributed by atoms with Gasteiger partial charge in [0.15, 0.2) is 5.78 Å². The fraction of sp³-hybridized carbons (Fsp3) is 0.333. The number of Topliss-reactive ketones (excluding diaryl/α,β-unsaturated/α-hetero) is 1. The van der Waals surface area contributed by atoms with E-state index < -0.39 is 12.0 Å². The lowest BCUT2D eigenvalue weighted by Gasteiger charge is -2.13. The number of benzene rings is 2. The summed E-state index contributed by atoms with van der Waals surface area (Å²) in [5, 5.41) is 3.01. The molecule has 0 radical (unpaired) electrons. The van der Waals surface area contributed by atoms with Crippen LogP contribution in [0.15, 0.2) is 42.5 Å². The van der Waals surface area contributed by atoms with Gasteiger partial charge >= 0.3 is 6.18 Å². The zero-order valence-corrected chi connectivity index (χ0v) is 16.4. The first-order chi connectivity index (χ1) is 13.7. The van der Waals surface area contributed by atoms with Crippen molar-refractivity contribution in [2.75, 3.05) is 19.0 Å². The van der Waals surface area contributed by atoms with Crippen LogP contribution in [0.3, 0.4) is 0 Å². The predicted molar refractivity (Wildman–Crippen MR) is 106 cm³/mol. The molecule has 0 unspecified atom stereocenters. The average molecular weight is 405 g/mol. The molecule has 0 aliphatic heterocycles. The quantitative estimate of drug-likeness (QED) is 0.596. The molecule has 5 nitrogen and oxygen atoms in total. The Morgan fingerprint density at radius 2 is 1.86 bits per heavy atom. The minimum Gasteiger partial charge on any atom is -0.497 e. The van der Waals surface area contributed by atoms with Crippen molar-refractivity contribution in [2.24, 2.45) is 5.92 Å². The van der Waals surface area contributed by atoms with Crippen LogP contribution in [0.5, 0.6) is 5.75 Å². The van der Waals surface area contributed by atoms with Gasteiger partial charge in [-0.1, -0.05) is 13.8 Å². The van der Waals surface area contributed by atoms with Gasteiger partial charge in [0.05, 0.1) is 24.7 Å². The lowest BCUT2D eigenvalue weighted by Crippen LogP contribution is -2.16. The van der Waals surface area contributed by atoms with Crippen LogP contribution in [0, 0.1) is 5.92 Å². The second kappa shape index (κ2) is 8.14. The molecular weight excluding hydrogens is 383 g/mol. The number of methoxy groups -OCH3 is 1. The molecule has 1 heterocycles. The number of aromatic nitrogens is 2. The molecule has 8 heteroatoms. The van der Waals surface area contributed by atoms with Crippen molar-refractivity contribution in [3.05, 3.63) is 48.3 Å². The summed E-state index contributed by atoms with van der Waals surface area (Å²) in [6, 6.07) is 11.0. The molecule has 0 atom stereocenters. The van der Waals surface area contributed by atoms with Crippen LogP contribution in [0.4, 0.5) is 18.9 Å². The molecule has 3 aromatic rings. The topological polar surface area (TPSA) is 56.1 Å². The number of halogens is 3. The number of nitrogens with one attached hydrogen (secondary N) is 1. The van der Waals surface area contributed by atoms with Gasteiger partial charge in [-0.05, 0) is 42.3 Å². The molecule has 0 fully saturated rings. The number of fused-ring (bicyclic) bond motifs is 1. The van der Waals surface area contributed by atoms with Gasteiger partial charge in [0, 0.05) is 23.9 Å². The number of rotatable bonds is 7. The van der Waals surface area contributed by atoms with Crippen LogP contribution in [-0.2, 0) is 11.0 Å². The van der Waals surface area contributed by atoms with E-state index in [0.29, 0.717) is 29.1 Å². The van der Waals surface area contributed by atoms with E-state index in [1.165, 1.54) is 13.2 Å². The Morgan fingerprint density at radius 3 is 2.45 bits per heavy atom. The highest BCUT2D eigenvalue weighted by Gasteiger charge is 2.38. The monoisotopic (exact) mass is 405 g/mol. The lowest BCUT2D eigenvalue weighted by molar-refractivity contribution is -0.145. The van der Waals surface area contributed by atoms with Gasteiger partial charge in [-0.15, -0.1) is 0 Å². The molecule has 0 bridgehead atoms. The van der Waals surface area contributed by atoms with Crippen LogP contribution in [-0.4, -0.2) is 29.0 Å². The van der Waals surface area contributed by atoms with E-state index in [9.17, 15) is 18.0 Å². The smallest absolute Gasteiger partial charge is 0.450 e. The van der Waals surface area contributed by atoms with Crippen molar-refractivity contribution >= 4 is 22.5 Å². The summed E-state index contributed by atoms with van der Waals surface area (Å²) in [4.78, 5) is 15.6. The highest BCUT2D eigenvalue weighted by Crippen LogP contribution is 2.35. The summed E-state index contributed by atoms with van der Waals surface area (Å²) in [6.45, 7) is 4.12. The van der Waals surface area contributed by atoms with Gasteiger partial charge < -0.3 is 10.1 Å². The van der Waals surface area contributed by atoms with E-state index in [1.54, 1.807) is 36.4 Å². The van der Waals surface area contributed by atoms with E-state index in [2.05, 4.69) is 10.3 Å². The van der Waals surface area contributed by atoms with Crippen molar-refractivity contribution in [3.63, 3.8) is 0 Å². The number of hydrogen-bond acceptors (Lipinski definition) is 4. The average Bonchev–Trinajstić information content (AvgIpc) is 3.05. The third-order valence-electron chi connectivity index (χ3n) is 4.37. The third kappa shape index (κ3) is 4.70. The van der Waals surface area contributed by atoms with Crippen molar-refractivity contribution in [3.8, 4) is 11.4 Å². The van der Waals surface area contributed by atoms with Crippen LogP contribution < -0.4 is 10.1 Å². The number of imidazole rings is 1. The Labute approximate surface area is 166 Å². The Balaban J connectivity index is 1.92. The van der Waals surface area contributed by atoms with E-state index in [0.717, 1.165) is 4.57 Å². The van der Waals surface area contributed by atoms with Crippen molar-refractivity contribution < 1.29 is 22.7 Å². The number of anilines is 1. The highest BCUT2D eigenvalue weighted by atomic mass is 19.4. The van der Waals surface area contributed by atoms with Crippen LogP contribution in [0.25, 0.3) is 16.7 Å². The number of nitrogens with zero attached hydrogens (tertiary/aromatic N) is 2. The van der Waals surface area contributed by atoms with Gasteiger partial charge in [0.25, 0.3) is 0 Å². The zero-order valence-electron chi connectivity index (χ0n) is 16.4. The minimum absolute atomic E-state index is 0.0815. The fourth-order valence-electron chi connectivity index (χ4n) is 3.10. The first kappa shape index (κ1) is 20.7.